The first-order valence-corrected chi connectivity index (χ1v) is 12.2. The van der Waals surface area contributed by atoms with Crippen LogP contribution in [0.15, 0.2) is 36.4 Å². The molecule has 3 rings (SSSR count). The zero-order valence-corrected chi connectivity index (χ0v) is 19.2. The number of amides is 2. The second kappa shape index (κ2) is 9.71. The van der Waals surface area contributed by atoms with Gasteiger partial charge in [0.25, 0.3) is 11.8 Å². The summed E-state index contributed by atoms with van der Waals surface area (Å²) in [6.45, 7) is 1.19. The number of likely N-dealkylation sites (tertiary alicyclic amines) is 1. The Morgan fingerprint density at radius 1 is 1.03 bits per heavy atom. The van der Waals surface area contributed by atoms with Crippen molar-refractivity contribution in [3.05, 3.63) is 64.7 Å². The first-order chi connectivity index (χ1) is 15.8. The van der Waals surface area contributed by atoms with Crippen molar-refractivity contribution < 1.29 is 35.6 Å². The molecule has 0 bridgehead atoms. The molecule has 2 amide bonds. The predicted molar refractivity (Wildman–Crippen MR) is 117 cm³/mol. The molecule has 184 valence electrons. The highest BCUT2D eigenvalue weighted by atomic mass is 32.2. The molecule has 0 saturated carbocycles. The average Bonchev–Trinajstić information content (AvgIpc) is 2.75. The van der Waals surface area contributed by atoms with Crippen molar-refractivity contribution in [3.8, 4) is 0 Å². The molecule has 0 spiro atoms. The zero-order valence-electron chi connectivity index (χ0n) is 18.4. The smallest absolute Gasteiger partial charge is 0.337 e. The van der Waals surface area contributed by atoms with E-state index in [1.54, 1.807) is 0 Å². The molecule has 2 N–H and O–H groups in total. The van der Waals surface area contributed by atoms with E-state index in [4.69, 9.17) is 0 Å². The number of rotatable bonds is 6. The van der Waals surface area contributed by atoms with Gasteiger partial charge in [-0.25, -0.2) is 21.9 Å². The van der Waals surface area contributed by atoms with Crippen molar-refractivity contribution >= 4 is 27.5 Å². The molecule has 2 aromatic carbocycles. The predicted octanol–water partition coefficient (Wildman–Crippen LogP) is 3.16. The van der Waals surface area contributed by atoms with Crippen LogP contribution in [0.3, 0.4) is 0 Å². The maximum Gasteiger partial charge on any atom is 0.352 e. The number of alkyl halides is 2. The summed E-state index contributed by atoms with van der Waals surface area (Å²) < 4.78 is 82.8. The van der Waals surface area contributed by atoms with Gasteiger partial charge < -0.3 is 10.2 Å². The summed E-state index contributed by atoms with van der Waals surface area (Å²) in [6, 6.07) is 5.53. The Kier molecular flexibility index (Phi) is 7.32. The highest BCUT2D eigenvalue weighted by molar-refractivity contribution is 7.88. The number of nitrogens with zero attached hydrogens (tertiary/aromatic N) is 1. The Hall–Kier alpha value is -2.99. The van der Waals surface area contributed by atoms with Crippen molar-refractivity contribution in [2.75, 3.05) is 24.7 Å². The Labute approximate surface area is 194 Å². The lowest BCUT2D eigenvalue weighted by Crippen LogP contribution is -2.50. The van der Waals surface area contributed by atoms with E-state index in [9.17, 15) is 26.8 Å². The summed E-state index contributed by atoms with van der Waals surface area (Å²) in [6.07, 6.45) is 1.22. The van der Waals surface area contributed by atoms with Gasteiger partial charge in [0.1, 0.15) is 11.6 Å². The Balaban J connectivity index is 1.76. The van der Waals surface area contributed by atoms with Crippen molar-refractivity contribution in [1.82, 2.24) is 9.62 Å². The van der Waals surface area contributed by atoms with Crippen LogP contribution >= 0.6 is 0 Å². The summed E-state index contributed by atoms with van der Waals surface area (Å²) in [4.78, 5) is 25.9. The number of nitrogens with one attached hydrogen (secondary N) is 2. The standard InChI is InChI=1S/C22H23F4N3O4S/c1-13-11-16(4-6-18(13)23)27-20(30)14-3-5-19(24)17(12-14)22(25,26)21(31)29-9-7-15(8-10-29)28-34(2,32)33/h3-6,11-12,15,28H,7-10H2,1-2H3,(H,27,30). The van der Waals surface area contributed by atoms with Gasteiger partial charge in [0.05, 0.1) is 11.8 Å². The van der Waals surface area contributed by atoms with E-state index in [0.717, 1.165) is 23.3 Å². The monoisotopic (exact) mass is 501 g/mol. The van der Waals surface area contributed by atoms with Crippen LogP contribution in [0.4, 0.5) is 23.2 Å². The molecule has 0 aliphatic carbocycles. The molecule has 0 unspecified atom stereocenters. The molecule has 1 fully saturated rings. The van der Waals surface area contributed by atoms with E-state index < -0.39 is 51.0 Å². The third-order valence-corrected chi connectivity index (χ3v) is 6.18. The maximum atomic E-state index is 15.0. The van der Waals surface area contributed by atoms with Gasteiger partial charge in [0.15, 0.2) is 0 Å². The lowest BCUT2D eigenvalue weighted by molar-refractivity contribution is -0.160. The number of sulfonamides is 1. The van der Waals surface area contributed by atoms with Crippen molar-refractivity contribution in [1.29, 1.82) is 0 Å². The number of hydrogen-bond acceptors (Lipinski definition) is 4. The van der Waals surface area contributed by atoms with E-state index in [-0.39, 0.29) is 42.7 Å². The normalized spacial score (nSPS) is 15.3. The molecule has 0 atom stereocenters. The molecular weight excluding hydrogens is 478 g/mol. The van der Waals surface area contributed by atoms with Crippen molar-refractivity contribution in [2.24, 2.45) is 0 Å². The number of carbonyl (C=O) groups excluding carboxylic acids is 2. The summed E-state index contributed by atoms with van der Waals surface area (Å²) in [5.74, 6) is -8.60. The quantitative estimate of drug-likeness (QED) is 0.595. The minimum absolute atomic E-state index is 0.122. The second-order valence-corrected chi connectivity index (χ2v) is 9.92. The highest BCUT2D eigenvalue weighted by Gasteiger charge is 2.47. The molecule has 1 saturated heterocycles. The third kappa shape index (κ3) is 5.92. The number of carbonyl (C=O) groups is 2. The fourth-order valence-electron chi connectivity index (χ4n) is 3.65. The minimum atomic E-state index is -4.26. The summed E-state index contributed by atoms with van der Waals surface area (Å²) >= 11 is 0. The number of halogens is 4. The molecule has 1 heterocycles. The molecule has 12 heteroatoms. The van der Waals surface area contributed by atoms with E-state index in [0.29, 0.717) is 12.1 Å². The number of aryl methyl sites for hydroxylation is 1. The Morgan fingerprint density at radius 3 is 2.24 bits per heavy atom. The van der Waals surface area contributed by atoms with Gasteiger partial charge in [0.2, 0.25) is 10.0 Å². The molecule has 34 heavy (non-hydrogen) atoms. The summed E-state index contributed by atoms with van der Waals surface area (Å²) in [5, 5.41) is 2.42. The van der Waals surface area contributed by atoms with E-state index in [1.165, 1.54) is 19.1 Å². The largest absolute Gasteiger partial charge is 0.352 e. The number of hydrogen-bond donors (Lipinski definition) is 2. The topological polar surface area (TPSA) is 95.6 Å². The lowest BCUT2D eigenvalue weighted by atomic mass is 10.0. The molecule has 0 radical (unpaired) electrons. The van der Waals surface area contributed by atoms with Gasteiger partial charge in [-0.2, -0.15) is 8.78 Å². The average molecular weight is 502 g/mol. The van der Waals surface area contributed by atoms with Crippen LogP contribution in [-0.2, 0) is 20.7 Å². The zero-order chi connectivity index (χ0) is 25.3. The van der Waals surface area contributed by atoms with Crippen LogP contribution in [0.2, 0.25) is 0 Å². The minimum Gasteiger partial charge on any atom is -0.337 e. The van der Waals surface area contributed by atoms with Crippen LogP contribution < -0.4 is 10.0 Å². The van der Waals surface area contributed by atoms with Crippen LogP contribution in [0.25, 0.3) is 0 Å². The van der Waals surface area contributed by atoms with Crippen LogP contribution in [0, 0.1) is 18.6 Å². The van der Waals surface area contributed by atoms with Crippen molar-refractivity contribution in [3.63, 3.8) is 0 Å². The fourth-order valence-corrected chi connectivity index (χ4v) is 4.49. The van der Waals surface area contributed by atoms with Gasteiger partial charge in [0, 0.05) is 30.4 Å². The molecular formula is C22H23F4N3O4S. The van der Waals surface area contributed by atoms with Crippen LogP contribution in [0.1, 0.15) is 34.3 Å². The van der Waals surface area contributed by atoms with Gasteiger partial charge in [-0.1, -0.05) is 0 Å². The molecule has 1 aliphatic heterocycles. The fraction of sp³-hybridized carbons (Fsp3) is 0.364. The van der Waals surface area contributed by atoms with E-state index in [1.807, 2.05) is 0 Å². The number of anilines is 1. The number of piperidine rings is 1. The van der Waals surface area contributed by atoms with E-state index in [2.05, 4.69) is 10.0 Å². The summed E-state index contributed by atoms with van der Waals surface area (Å²) in [5.41, 5.74) is -1.10. The SMILES string of the molecule is Cc1cc(NC(=O)c2ccc(F)c(C(F)(F)C(=O)N3CCC(NS(C)(=O)=O)CC3)c2)ccc1F. The third-order valence-electron chi connectivity index (χ3n) is 5.41. The van der Waals surface area contributed by atoms with Gasteiger partial charge in [-0.15, -0.1) is 0 Å². The molecule has 2 aromatic rings. The lowest BCUT2D eigenvalue weighted by Gasteiger charge is -2.34. The van der Waals surface area contributed by atoms with Crippen LogP contribution in [-0.4, -0.2) is 50.5 Å². The second-order valence-electron chi connectivity index (χ2n) is 8.14. The Bertz CT molecular complexity index is 1210. The maximum absolute atomic E-state index is 15.0. The molecule has 0 aromatic heterocycles. The highest BCUT2D eigenvalue weighted by Crippen LogP contribution is 2.34. The molecule has 1 aliphatic rings. The van der Waals surface area contributed by atoms with Gasteiger partial charge in [-0.05, 0) is 61.7 Å². The van der Waals surface area contributed by atoms with Crippen molar-refractivity contribution in [2.45, 2.75) is 31.7 Å². The number of benzene rings is 2. The van der Waals surface area contributed by atoms with Crippen LogP contribution in [0.5, 0.6) is 0 Å². The van der Waals surface area contributed by atoms with E-state index >= 15 is 8.78 Å². The van der Waals surface area contributed by atoms with Gasteiger partial charge >= 0.3 is 5.92 Å². The molecule has 7 nitrogen and oxygen atoms in total. The first kappa shape index (κ1) is 25.6. The first-order valence-electron chi connectivity index (χ1n) is 10.3. The summed E-state index contributed by atoms with van der Waals surface area (Å²) in [7, 11) is -3.49. The Morgan fingerprint density at radius 2 is 1.65 bits per heavy atom. The van der Waals surface area contributed by atoms with Gasteiger partial charge in [-0.3, -0.25) is 9.59 Å².